The molecule has 0 bridgehead atoms. The van der Waals surface area contributed by atoms with Crippen molar-refractivity contribution in [1.29, 1.82) is 0 Å². The van der Waals surface area contributed by atoms with Crippen LogP contribution in [0.3, 0.4) is 0 Å². The Morgan fingerprint density at radius 2 is 1.81 bits per heavy atom. The number of ether oxygens (including phenoxy) is 2. The SMILES string of the molecule is COc1ccc([C@@H]2CC(c3cc(C)ccc3C)=NN2C(=O)CN2CCCCC2)c(OC)c1. The van der Waals surface area contributed by atoms with Gasteiger partial charge in [0, 0.05) is 23.6 Å². The lowest BCUT2D eigenvalue weighted by molar-refractivity contribution is -0.134. The number of methoxy groups -OCH3 is 2. The fourth-order valence-electron chi connectivity index (χ4n) is 4.67. The summed E-state index contributed by atoms with van der Waals surface area (Å²) in [6.45, 7) is 6.53. The standard InChI is InChI=1S/C26H33N3O3/c1-18-8-9-19(2)22(14-18)23-16-24(21-11-10-20(31-3)15-25(21)32-4)29(27-23)26(30)17-28-12-6-5-7-13-28/h8-11,14-15,24H,5-7,12-13,16-17H2,1-4H3/t24-/m0/s1. The Bertz CT molecular complexity index is 1010. The number of amides is 1. The van der Waals surface area contributed by atoms with E-state index in [2.05, 4.69) is 36.9 Å². The molecule has 1 fully saturated rings. The lowest BCUT2D eigenvalue weighted by atomic mass is 9.94. The van der Waals surface area contributed by atoms with Crippen LogP contribution >= 0.6 is 0 Å². The Morgan fingerprint density at radius 3 is 2.53 bits per heavy atom. The van der Waals surface area contributed by atoms with Gasteiger partial charge in [-0.25, -0.2) is 5.01 Å². The largest absolute Gasteiger partial charge is 0.497 e. The highest BCUT2D eigenvalue weighted by atomic mass is 16.5. The second-order valence-corrected chi connectivity index (χ2v) is 8.77. The van der Waals surface area contributed by atoms with Crippen molar-refractivity contribution in [3.05, 3.63) is 58.7 Å². The molecule has 0 unspecified atom stereocenters. The van der Waals surface area contributed by atoms with Crippen molar-refractivity contribution in [2.75, 3.05) is 33.9 Å². The van der Waals surface area contributed by atoms with E-state index in [-0.39, 0.29) is 11.9 Å². The molecule has 32 heavy (non-hydrogen) atoms. The summed E-state index contributed by atoms with van der Waals surface area (Å²) in [5.41, 5.74) is 5.35. The van der Waals surface area contributed by atoms with Crippen molar-refractivity contribution >= 4 is 11.6 Å². The first-order chi connectivity index (χ1) is 15.5. The molecule has 0 N–H and O–H groups in total. The first kappa shape index (κ1) is 22.3. The number of hydrogen-bond acceptors (Lipinski definition) is 5. The summed E-state index contributed by atoms with van der Waals surface area (Å²) in [5.74, 6) is 1.48. The number of rotatable bonds is 6. The zero-order valence-electron chi connectivity index (χ0n) is 19.6. The molecule has 6 heteroatoms. The zero-order valence-corrected chi connectivity index (χ0v) is 19.6. The third-order valence-electron chi connectivity index (χ3n) is 6.48. The minimum Gasteiger partial charge on any atom is -0.497 e. The summed E-state index contributed by atoms with van der Waals surface area (Å²) in [7, 11) is 3.29. The molecule has 2 aromatic carbocycles. The van der Waals surface area contributed by atoms with Gasteiger partial charge in [0.05, 0.1) is 32.5 Å². The molecule has 0 saturated carbocycles. The highest BCUT2D eigenvalue weighted by Gasteiger charge is 2.36. The van der Waals surface area contributed by atoms with E-state index in [0.29, 0.717) is 18.7 Å². The molecule has 2 aliphatic rings. The van der Waals surface area contributed by atoms with Crippen LogP contribution in [0.4, 0.5) is 0 Å². The number of carbonyl (C=O) groups is 1. The maximum absolute atomic E-state index is 13.5. The third kappa shape index (κ3) is 4.65. The van der Waals surface area contributed by atoms with Gasteiger partial charge in [0.15, 0.2) is 0 Å². The fourth-order valence-corrected chi connectivity index (χ4v) is 4.67. The molecule has 170 valence electrons. The minimum absolute atomic E-state index is 0.0371. The third-order valence-corrected chi connectivity index (χ3v) is 6.48. The van der Waals surface area contributed by atoms with Crippen molar-refractivity contribution < 1.29 is 14.3 Å². The molecule has 2 aromatic rings. The van der Waals surface area contributed by atoms with Crippen LogP contribution in [0.25, 0.3) is 0 Å². The molecule has 1 amide bonds. The van der Waals surface area contributed by atoms with Crippen LogP contribution in [0.1, 0.15) is 54.0 Å². The number of hydrazone groups is 1. The van der Waals surface area contributed by atoms with E-state index >= 15 is 0 Å². The average molecular weight is 436 g/mol. The maximum Gasteiger partial charge on any atom is 0.257 e. The number of carbonyl (C=O) groups excluding carboxylic acids is 1. The van der Waals surface area contributed by atoms with E-state index in [0.717, 1.165) is 48.5 Å². The monoisotopic (exact) mass is 435 g/mol. The van der Waals surface area contributed by atoms with Crippen LogP contribution < -0.4 is 9.47 Å². The highest BCUT2D eigenvalue weighted by Crippen LogP contribution is 2.39. The molecule has 2 heterocycles. The van der Waals surface area contributed by atoms with Gasteiger partial charge in [-0.05, 0) is 63.5 Å². The van der Waals surface area contributed by atoms with Gasteiger partial charge in [-0.1, -0.05) is 24.1 Å². The van der Waals surface area contributed by atoms with E-state index in [4.69, 9.17) is 14.6 Å². The van der Waals surface area contributed by atoms with Crippen molar-refractivity contribution in [1.82, 2.24) is 9.91 Å². The molecule has 4 rings (SSSR count). The quantitative estimate of drug-likeness (QED) is 0.671. The predicted molar refractivity (Wildman–Crippen MR) is 126 cm³/mol. The first-order valence-electron chi connectivity index (χ1n) is 11.4. The summed E-state index contributed by atoms with van der Waals surface area (Å²) in [4.78, 5) is 15.7. The topological polar surface area (TPSA) is 54.4 Å². The van der Waals surface area contributed by atoms with Gasteiger partial charge >= 0.3 is 0 Å². The second-order valence-electron chi connectivity index (χ2n) is 8.77. The van der Waals surface area contributed by atoms with Crippen molar-refractivity contribution in [3.8, 4) is 11.5 Å². The predicted octanol–water partition coefficient (Wildman–Crippen LogP) is 4.48. The highest BCUT2D eigenvalue weighted by molar-refractivity contribution is 6.04. The Balaban J connectivity index is 1.69. The fraction of sp³-hybridized carbons (Fsp3) is 0.462. The lowest BCUT2D eigenvalue weighted by Gasteiger charge is -2.29. The van der Waals surface area contributed by atoms with Gasteiger partial charge in [0.25, 0.3) is 5.91 Å². The summed E-state index contributed by atoms with van der Waals surface area (Å²) in [5, 5.41) is 6.58. The normalized spacial score (nSPS) is 19.1. The molecule has 2 aliphatic heterocycles. The van der Waals surface area contributed by atoms with E-state index in [1.54, 1.807) is 19.2 Å². The number of benzene rings is 2. The lowest BCUT2D eigenvalue weighted by Crippen LogP contribution is -2.40. The van der Waals surface area contributed by atoms with Gasteiger partial charge < -0.3 is 9.47 Å². The van der Waals surface area contributed by atoms with E-state index < -0.39 is 0 Å². The van der Waals surface area contributed by atoms with Crippen molar-refractivity contribution in [2.24, 2.45) is 5.10 Å². The van der Waals surface area contributed by atoms with E-state index in [1.165, 1.54) is 17.5 Å². The summed E-state index contributed by atoms with van der Waals surface area (Å²) in [6.07, 6.45) is 4.20. The van der Waals surface area contributed by atoms with Crippen LogP contribution in [0.5, 0.6) is 11.5 Å². The van der Waals surface area contributed by atoms with E-state index in [9.17, 15) is 4.79 Å². The molecule has 0 aliphatic carbocycles. The van der Waals surface area contributed by atoms with Crippen LogP contribution in [-0.2, 0) is 4.79 Å². The van der Waals surface area contributed by atoms with Crippen molar-refractivity contribution in [3.63, 3.8) is 0 Å². The number of hydrogen-bond donors (Lipinski definition) is 0. The molecule has 0 spiro atoms. The molecule has 1 saturated heterocycles. The minimum atomic E-state index is -0.206. The van der Waals surface area contributed by atoms with Crippen LogP contribution in [0, 0.1) is 13.8 Å². The molecule has 6 nitrogen and oxygen atoms in total. The number of aryl methyl sites for hydroxylation is 2. The number of piperidine rings is 1. The van der Waals surface area contributed by atoms with Crippen LogP contribution in [0.15, 0.2) is 41.5 Å². The summed E-state index contributed by atoms with van der Waals surface area (Å²) in [6, 6.07) is 12.0. The maximum atomic E-state index is 13.5. The smallest absolute Gasteiger partial charge is 0.257 e. The molecular formula is C26H33N3O3. The van der Waals surface area contributed by atoms with Crippen LogP contribution in [-0.4, -0.2) is 55.4 Å². The Morgan fingerprint density at radius 1 is 1.03 bits per heavy atom. The summed E-state index contributed by atoms with van der Waals surface area (Å²) < 4.78 is 11.1. The van der Waals surface area contributed by atoms with Gasteiger partial charge in [0.2, 0.25) is 0 Å². The van der Waals surface area contributed by atoms with Gasteiger partial charge in [-0.2, -0.15) is 5.10 Å². The Kier molecular flexibility index (Phi) is 6.80. The Labute approximate surface area is 190 Å². The number of likely N-dealkylation sites (tertiary alicyclic amines) is 1. The van der Waals surface area contributed by atoms with Crippen molar-refractivity contribution in [2.45, 2.75) is 45.6 Å². The average Bonchev–Trinajstić information content (AvgIpc) is 3.26. The molecular weight excluding hydrogens is 402 g/mol. The molecule has 0 aromatic heterocycles. The van der Waals surface area contributed by atoms with Gasteiger partial charge in [0.1, 0.15) is 11.5 Å². The van der Waals surface area contributed by atoms with Gasteiger partial charge in [-0.3, -0.25) is 9.69 Å². The van der Waals surface area contributed by atoms with E-state index in [1.807, 2.05) is 18.2 Å². The summed E-state index contributed by atoms with van der Waals surface area (Å²) >= 11 is 0. The molecule has 0 radical (unpaired) electrons. The zero-order chi connectivity index (χ0) is 22.7. The Hall–Kier alpha value is -2.86. The first-order valence-corrected chi connectivity index (χ1v) is 11.4. The number of nitrogens with zero attached hydrogens (tertiary/aromatic N) is 3. The second kappa shape index (κ2) is 9.74. The molecule has 1 atom stereocenters. The van der Waals surface area contributed by atoms with Crippen LogP contribution in [0.2, 0.25) is 0 Å². The van der Waals surface area contributed by atoms with Gasteiger partial charge in [-0.15, -0.1) is 0 Å².